The lowest BCUT2D eigenvalue weighted by Gasteiger charge is -2.16. The van der Waals surface area contributed by atoms with Crippen LogP contribution in [0.15, 0.2) is 66.6 Å². The highest BCUT2D eigenvalue weighted by Crippen LogP contribution is 2.38. The summed E-state index contributed by atoms with van der Waals surface area (Å²) in [7, 11) is 4.13. The monoisotopic (exact) mass is 491 g/mol. The predicted octanol–water partition coefficient (Wildman–Crippen LogP) is 5.46. The average Bonchev–Trinajstić information content (AvgIpc) is 3.53. The quantitative estimate of drug-likeness (QED) is 0.237. The number of benzene rings is 2. The SMILES string of the molecule is C=C1C[C@H](n2c(NCc3nc4ccc(OCCCN(C)C)cc4s3)nc3ccccc32)O/C1=C/O. The van der Waals surface area contributed by atoms with Gasteiger partial charge < -0.3 is 24.8 Å². The first kappa shape index (κ1) is 23.2. The summed E-state index contributed by atoms with van der Waals surface area (Å²) in [4.78, 5) is 11.7. The first-order valence-corrected chi connectivity index (χ1v) is 12.4. The molecule has 2 aromatic carbocycles. The van der Waals surface area contributed by atoms with Gasteiger partial charge in [-0.25, -0.2) is 9.97 Å². The first-order chi connectivity index (χ1) is 17.0. The van der Waals surface area contributed by atoms with Gasteiger partial charge in [0.2, 0.25) is 5.95 Å². The molecular formula is C26H29N5O3S. The maximum atomic E-state index is 9.45. The molecule has 1 saturated heterocycles. The summed E-state index contributed by atoms with van der Waals surface area (Å²) in [6, 6.07) is 14.0. The van der Waals surface area contributed by atoms with Crippen LogP contribution in [0.25, 0.3) is 21.3 Å². The summed E-state index contributed by atoms with van der Waals surface area (Å²) in [5.41, 5.74) is 3.53. The number of aliphatic hydroxyl groups is 1. The van der Waals surface area contributed by atoms with E-state index in [-0.39, 0.29) is 6.23 Å². The second-order valence-corrected chi connectivity index (χ2v) is 9.88. The van der Waals surface area contributed by atoms with Gasteiger partial charge in [-0.2, -0.15) is 0 Å². The lowest BCUT2D eigenvalue weighted by molar-refractivity contribution is 0.0988. The molecule has 9 heteroatoms. The first-order valence-electron chi connectivity index (χ1n) is 11.6. The van der Waals surface area contributed by atoms with E-state index >= 15 is 0 Å². The minimum Gasteiger partial charge on any atom is -0.512 e. The molecule has 1 aliphatic rings. The molecule has 0 saturated carbocycles. The highest BCUT2D eigenvalue weighted by Gasteiger charge is 2.29. The van der Waals surface area contributed by atoms with E-state index in [0.717, 1.165) is 56.8 Å². The number of fused-ring (bicyclic) bond motifs is 2. The van der Waals surface area contributed by atoms with Gasteiger partial charge in [-0.1, -0.05) is 18.7 Å². The van der Waals surface area contributed by atoms with Crippen LogP contribution in [0.1, 0.15) is 24.1 Å². The second kappa shape index (κ2) is 9.97. The minimum absolute atomic E-state index is 0.335. The zero-order valence-corrected chi connectivity index (χ0v) is 20.7. The smallest absolute Gasteiger partial charge is 0.207 e. The molecule has 1 fully saturated rings. The van der Waals surface area contributed by atoms with Crippen molar-refractivity contribution in [2.75, 3.05) is 32.6 Å². The van der Waals surface area contributed by atoms with Crippen molar-refractivity contribution in [2.45, 2.75) is 25.6 Å². The molecule has 2 N–H and O–H groups in total. The van der Waals surface area contributed by atoms with Crippen molar-refractivity contribution in [1.82, 2.24) is 19.4 Å². The molecule has 0 spiro atoms. The van der Waals surface area contributed by atoms with Gasteiger partial charge >= 0.3 is 0 Å². The number of aromatic nitrogens is 3. The average molecular weight is 492 g/mol. The number of nitrogens with zero attached hydrogens (tertiary/aromatic N) is 4. The van der Waals surface area contributed by atoms with Crippen molar-refractivity contribution < 1.29 is 14.6 Å². The van der Waals surface area contributed by atoms with Gasteiger partial charge in [-0.15, -0.1) is 11.3 Å². The molecule has 0 bridgehead atoms. The Labute approximate surface area is 208 Å². The van der Waals surface area contributed by atoms with Crippen LogP contribution in [0.4, 0.5) is 5.95 Å². The number of nitrogens with one attached hydrogen (secondary N) is 1. The Balaban J connectivity index is 1.33. The van der Waals surface area contributed by atoms with Gasteiger partial charge in [0.1, 0.15) is 17.0 Å². The van der Waals surface area contributed by atoms with E-state index in [4.69, 9.17) is 19.4 Å². The number of aliphatic hydroxyl groups excluding tert-OH is 1. The molecule has 182 valence electrons. The summed E-state index contributed by atoms with van der Waals surface area (Å²) in [6.45, 7) is 6.22. The van der Waals surface area contributed by atoms with Gasteiger partial charge in [0.05, 0.1) is 34.4 Å². The number of rotatable bonds is 9. The highest BCUT2D eigenvalue weighted by atomic mass is 32.1. The van der Waals surface area contributed by atoms with Crippen molar-refractivity contribution in [3.05, 3.63) is 71.6 Å². The fraction of sp³-hybridized carbons (Fsp3) is 0.308. The van der Waals surface area contributed by atoms with E-state index in [2.05, 4.69) is 37.0 Å². The largest absolute Gasteiger partial charge is 0.512 e. The van der Waals surface area contributed by atoms with Gasteiger partial charge in [0.25, 0.3) is 0 Å². The van der Waals surface area contributed by atoms with Crippen LogP contribution in [-0.2, 0) is 11.3 Å². The third kappa shape index (κ3) is 4.96. The van der Waals surface area contributed by atoms with E-state index in [1.54, 1.807) is 11.3 Å². The fourth-order valence-corrected chi connectivity index (χ4v) is 5.09. The topological polar surface area (TPSA) is 84.7 Å². The molecule has 5 rings (SSSR count). The van der Waals surface area contributed by atoms with E-state index in [0.29, 0.717) is 31.3 Å². The maximum absolute atomic E-state index is 9.45. The summed E-state index contributed by atoms with van der Waals surface area (Å²) in [5, 5.41) is 13.8. The Kier molecular flexibility index (Phi) is 6.61. The normalized spacial score (nSPS) is 17.1. The summed E-state index contributed by atoms with van der Waals surface area (Å²) < 4.78 is 15.0. The van der Waals surface area contributed by atoms with Gasteiger partial charge in [-0.05, 0) is 56.4 Å². The Morgan fingerprint density at radius 3 is 2.91 bits per heavy atom. The molecular weight excluding hydrogens is 462 g/mol. The minimum atomic E-state index is -0.335. The number of thiazole rings is 1. The molecule has 0 radical (unpaired) electrons. The Morgan fingerprint density at radius 1 is 1.26 bits per heavy atom. The summed E-state index contributed by atoms with van der Waals surface area (Å²) in [5.74, 6) is 1.96. The van der Waals surface area contributed by atoms with Crippen LogP contribution in [0.3, 0.4) is 0 Å². The number of ether oxygens (including phenoxy) is 2. The molecule has 0 aliphatic carbocycles. The molecule has 1 atom stereocenters. The van der Waals surface area contributed by atoms with Crippen molar-refractivity contribution >= 4 is 38.5 Å². The molecule has 0 unspecified atom stereocenters. The molecule has 0 amide bonds. The van der Waals surface area contributed by atoms with Crippen LogP contribution in [-0.4, -0.2) is 51.8 Å². The van der Waals surface area contributed by atoms with E-state index in [1.165, 1.54) is 0 Å². The summed E-state index contributed by atoms with van der Waals surface area (Å²) in [6.07, 6.45) is 2.19. The Morgan fingerprint density at radius 2 is 2.11 bits per heavy atom. The lowest BCUT2D eigenvalue weighted by Crippen LogP contribution is -2.15. The number of imidazole rings is 1. The fourth-order valence-electron chi connectivity index (χ4n) is 4.15. The van der Waals surface area contributed by atoms with Gasteiger partial charge in [-0.3, -0.25) is 4.57 Å². The van der Waals surface area contributed by atoms with Crippen molar-refractivity contribution in [3.8, 4) is 5.75 Å². The predicted molar refractivity (Wildman–Crippen MR) is 140 cm³/mol. The molecule has 3 heterocycles. The van der Waals surface area contributed by atoms with Crippen LogP contribution in [0.5, 0.6) is 5.75 Å². The van der Waals surface area contributed by atoms with E-state index in [9.17, 15) is 5.11 Å². The number of para-hydroxylation sites is 2. The van der Waals surface area contributed by atoms with Crippen molar-refractivity contribution in [1.29, 1.82) is 0 Å². The standard InChI is InChI=1S/C26H29N5O3S/c1-17-13-25(34-22(17)16-32)31-21-8-5-4-7-19(21)29-26(31)27-15-24-28-20-10-9-18(14-23(20)35-24)33-12-6-11-30(2)3/h4-5,7-10,14,16,25,32H,1,6,11-13,15H2,2-3H3,(H,27,29)/b22-16+/t25-/m1/s1. The number of allylic oxidation sites excluding steroid dienone is 1. The number of hydrogen-bond acceptors (Lipinski definition) is 8. The Hall–Kier alpha value is -3.56. The van der Waals surface area contributed by atoms with Crippen LogP contribution < -0.4 is 10.1 Å². The number of hydrogen-bond donors (Lipinski definition) is 2. The molecule has 8 nitrogen and oxygen atoms in total. The Bertz CT molecular complexity index is 1390. The third-order valence-electron chi connectivity index (χ3n) is 5.85. The molecule has 4 aromatic rings. The highest BCUT2D eigenvalue weighted by molar-refractivity contribution is 7.18. The van der Waals surface area contributed by atoms with Crippen LogP contribution in [0, 0.1) is 0 Å². The van der Waals surface area contributed by atoms with Crippen molar-refractivity contribution in [3.63, 3.8) is 0 Å². The van der Waals surface area contributed by atoms with Crippen molar-refractivity contribution in [2.24, 2.45) is 0 Å². The second-order valence-electron chi connectivity index (χ2n) is 8.76. The van der Waals surface area contributed by atoms with Crippen LogP contribution >= 0.6 is 11.3 Å². The molecule has 1 aliphatic heterocycles. The van der Waals surface area contributed by atoms with Crippen LogP contribution in [0.2, 0.25) is 0 Å². The van der Waals surface area contributed by atoms with E-state index in [1.807, 2.05) is 41.0 Å². The molecule has 35 heavy (non-hydrogen) atoms. The lowest BCUT2D eigenvalue weighted by atomic mass is 10.2. The molecule has 2 aromatic heterocycles. The summed E-state index contributed by atoms with van der Waals surface area (Å²) >= 11 is 1.64. The zero-order chi connectivity index (χ0) is 24.4. The third-order valence-corrected chi connectivity index (χ3v) is 6.87. The van der Waals surface area contributed by atoms with Gasteiger partial charge in [0.15, 0.2) is 12.0 Å². The number of anilines is 1. The van der Waals surface area contributed by atoms with E-state index < -0.39 is 0 Å². The maximum Gasteiger partial charge on any atom is 0.207 e. The zero-order valence-electron chi connectivity index (χ0n) is 19.9. The van der Waals surface area contributed by atoms with Gasteiger partial charge in [0, 0.05) is 13.0 Å².